The molecule has 6 nitrogen and oxygen atoms in total. The zero-order valence-corrected chi connectivity index (χ0v) is 11.0. The Morgan fingerprint density at radius 3 is 2.33 bits per heavy atom. The van der Waals surface area contributed by atoms with E-state index < -0.39 is 5.97 Å². The zero-order valence-electron chi connectivity index (χ0n) is 11.0. The summed E-state index contributed by atoms with van der Waals surface area (Å²) >= 11 is 0. The van der Waals surface area contributed by atoms with Crippen LogP contribution in [0.2, 0.25) is 0 Å². The van der Waals surface area contributed by atoms with Crippen molar-refractivity contribution < 1.29 is 15.4 Å². The SMILES string of the molecule is O.O=C(O)c1cn(-c2ccccc2)nc1-c1ccncc1. The quantitative estimate of drug-likeness (QED) is 0.792. The summed E-state index contributed by atoms with van der Waals surface area (Å²) in [5.74, 6) is -1.00. The van der Waals surface area contributed by atoms with Gasteiger partial charge in [-0.3, -0.25) is 4.98 Å². The van der Waals surface area contributed by atoms with Crippen LogP contribution in [0.1, 0.15) is 10.4 Å². The van der Waals surface area contributed by atoms with Crippen molar-refractivity contribution >= 4 is 5.97 Å². The molecule has 0 saturated carbocycles. The highest BCUT2D eigenvalue weighted by Crippen LogP contribution is 2.23. The molecule has 0 unspecified atom stereocenters. The van der Waals surface area contributed by atoms with E-state index in [0.717, 1.165) is 11.3 Å². The maximum Gasteiger partial charge on any atom is 0.339 e. The van der Waals surface area contributed by atoms with E-state index in [1.54, 1.807) is 29.2 Å². The number of benzene rings is 1. The molecule has 6 heteroatoms. The molecule has 3 rings (SSSR count). The number of hydrogen-bond donors (Lipinski definition) is 1. The van der Waals surface area contributed by atoms with E-state index in [1.807, 2.05) is 30.3 Å². The van der Waals surface area contributed by atoms with Gasteiger partial charge in [0, 0.05) is 24.2 Å². The molecule has 0 aliphatic carbocycles. The average molecular weight is 283 g/mol. The molecule has 0 saturated heterocycles. The number of hydrogen-bond acceptors (Lipinski definition) is 3. The number of para-hydroxylation sites is 1. The van der Waals surface area contributed by atoms with Crippen LogP contribution in [0, 0.1) is 0 Å². The Labute approximate surface area is 120 Å². The molecule has 2 aromatic heterocycles. The Bertz CT molecular complexity index is 739. The molecule has 0 atom stereocenters. The lowest BCUT2D eigenvalue weighted by Crippen LogP contribution is -1.96. The van der Waals surface area contributed by atoms with Gasteiger partial charge in [0.1, 0.15) is 11.3 Å². The van der Waals surface area contributed by atoms with Gasteiger partial charge in [-0.15, -0.1) is 0 Å². The third-order valence-corrected chi connectivity index (χ3v) is 2.92. The summed E-state index contributed by atoms with van der Waals surface area (Å²) in [7, 11) is 0. The monoisotopic (exact) mass is 283 g/mol. The normalized spacial score (nSPS) is 9.90. The maximum absolute atomic E-state index is 11.4. The molecule has 106 valence electrons. The largest absolute Gasteiger partial charge is 0.478 e. The molecule has 0 spiro atoms. The number of aromatic nitrogens is 3. The van der Waals surface area contributed by atoms with Crippen LogP contribution in [-0.2, 0) is 0 Å². The molecule has 0 radical (unpaired) electrons. The first-order valence-electron chi connectivity index (χ1n) is 6.04. The standard InChI is InChI=1S/C15H11N3O2.H2O/c19-15(20)13-10-18(12-4-2-1-3-5-12)17-14(13)11-6-8-16-9-7-11;/h1-10H,(H,19,20);1H2. The molecular formula is C15H13N3O3. The zero-order chi connectivity index (χ0) is 13.9. The smallest absolute Gasteiger partial charge is 0.339 e. The first-order valence-corrected chi connectivity index (χ1v) is 6.04. The Morgan fingerprint density at radius 1 is 1.05 bits per heavy atom. The Morgan fingerprint density at radius 2 is 1.71 bits per heavy atom. The highest BCUT2D eigenvalue weighted by molar-refractivity contribution is 5.94. The van der Waals surface area contributed by atoms with E-state index in [2.05, 4.69) is 10.1 Å². The predicted molar refractivity (Wildman–Crippen MR) is 77.4 cm³/mol. The number of aromatic carboxylic acids is 1. The van der Waals surface area contributed by atoms with Gasteiger partial charge in [-0.25, -0.2) is 9.48 Å². The predicted octanol–water partition coefficient (Wildman–Crippen LogP) is 1.81. The molecule has 0 fully saturated rings. The number of carboxylic acid groups (broad SMARTS) is 1. The molecule has 0 aliphatic heterocycles. The van der Waals surface area contributed by atoms with Gasteiger partial charge in [-0.1, -0.05) is 18.2 Å². The molecule has 1 aromatic carbocycles. The van der Waals surface area contributed by atoms with E-state index in [1.165, 1.54) is 6.20 Å². The van der Waals surface area contributed by atoms with E-state index >= 15 is 0 Å². The summed E-state index contributed by atoms with van der Waals surface area (Å²) in [6, 6.07) is 12.9. The molecule has 0 amide bonds. The minimum Gasteiger partial charge on any atom is -0.478 e. The number of pyridine rings is 1. The van der Waals surface area contributed by atoms with Crippen molar-refractivity contribution in [3.05, 3.63) is 66.6 Å². The van der Waals surface area contributed by atoms with Gasteiger partial charge in [0.05, 0.1) is 5.69 Å². The Kier molecular flexibility index (Phi) is 4.10. The average Bonchev–Trinajstić information content (AvgIpc) is 2.94. The molecule has 2 heterocycles. The highest BCUT2D eigenvalue weighted by atomic mass is 16.4. The van der Waals surface area contributed by atoms with Crippen molar-refractivity contribution in [2.45, 2.75) is 0 Å². The van der Waals surface area contributed by atoms with Crippen LogP contribution in [0.5, 0.6) is 0 Å². The van der Waals surface area contributed by atoms with E-state index in [0.29, 0.717) is 5.69 Å². The minimum absolute atomic E-state index is 0. The van der Waals surface area contributed by atoms with Crippen LogP contribution in [0.3, 0.4) is 0 Å². The van der Waals surface area contributed by atoms with Crippen molar-refractivity contribution in [1.82, 2.24) is 14.8 Å². The van der Waals surface area contributed by atoms with Crippen LogP contribution in [0.4, 0.5) is 0 Å². The van der Waals surface area contributed by atoms with Gasteiger partial charge in [0.25, 0.3) is 0 Å². The Hall–Kier alpha value is -2.99. The summed E-state index contributed by atoms with van der Waals surface area (Å²) in [6.07, 6.45) is 4.75. The van der Waals surface area contributed by atoms with Crippen LogP contribution < -0.4 is 0 Å². The van der Waals surface area contributed by atoms with Crippen LogP contribution in [-0.4, -0.2) is 31.3 Å². The van der Waals surface area contributed by atoms with Crippen LogP contribution in [0.25, 0.3) is 16.9 Å². The molecule has 21 heavy (non-hydrogen) atoms. The van der Waals surface area contributed by atoms with E-state index in [4.69, 9.17) is 0 Å². The second-order valence-electron chi connectivity index (χ2n) is 4.21. The molecule has 0 aliphatic rings. The van der Waals surface area contributed by atoms with Crippen molar-refractivity contribution in [3.8, 4) is 16.9 Å². The molecule has 3 N–H and O–H groups in total. The topological polar surface area (TPSA) is 99.5 Å². The summed E-state index contributed by atoms with van der Waals surface area (Å²) in [5, 5.41) is 13.7. The fourth-order valence-electron chi connectivity index (χ4n) is 1.97. The summed E-state index contributed by atoms with van der Waals surface area (Å²) < 4.78 is 1.57. The van der Waals surface area contributed by atoms with Gasteiger partial charge in [0.2, 0.25) is 0 Å². The van der Waals surface area contributed by atoms with Crippen molar-refractivity contribution in [3.63, 3.8) is 0 Å². The third kappa shape index (κ3) is 2.80. The van der Waals surface area contributed by atoms with Crippen molar-refractivity contribution in [2.24, 2.45) is 0 Å². The van der Waals surface area contributed by atoms with E-state index in [9.17, 15) is 9.90 Å². The van der Waals surface area contributed by atoms with E-state index in [-0.39, 0.29) is 11.0 Å². The lowest BCUT2D eigenvalue weighted by Gasteiger charge is -1.99. The Balaban J connectivity index is 0.00000161. The maximum atomic E-state index is 11.4. The summed E-state index contributed by atoms with van der Waals surface area (Å²) in [6.45, 7) is 0. The first-order chi connectivity index (χ1) is 9.75. The fourth-order valence-corrected chi connectivity index (χ4v) is 1.97. The summed E-state index contributed by atoms with van der Waals surface area (Å²) in [5.41, 5.74) is 2.14. The lowest BCUT2D eigenvalue weighted by atomic mass is 10.1. The van der Waals surface area contributed by atoms with Crippen molar-refractivity contribution in [1.29, 1.82) is 0 Å². The van der Waals surface area contributed by atoms with Gasteiger partial charge in [0.15, 0.2) is 0 Å². The summed E-state index contributed by atoms with van der Waals surface area (Å²) in [4.78, 5) is 15.3. The molecule has 3 aromatic rings. The van der Waals surface area contributed by atoms with Gasteiger partial charge >= 0.3 is 5.97 Å². The first kappa shape index (κ1) is 14.4. The van der Waals surface area contributed by atoms with Crippen LogP contribution in [0.15, 0.2) is 61.1 Å². The highest BCUT2D eigenvalue weighted by Gasteiger charge is 2.17. The van der Waals surface area contributed by atoms with Crippen molar-refractivity contribution in [2.75, 3.05) is 0 Å². The lowest BCUT2D eigenvalue weighted by molar-refractivity contribution is 0.0697. The molecular weight excluding hydrogens is 270 g/mol. The second-order valence-corrected chi connectivity index (χ2v) is 4.21. The number of carboxylic acids is 1. The third-order valence-electron chi connectivity index (χ3n) is 2.92. The number of rotatable bonds is 3. The number of carbonyl (C=O) groups is 1. The van der Waals surface area contributed by atoms with Gasteiger partial charge < -0.3 is 10.6 Å². The van der Waals surface area contributed by atoms with Crippen LogP contribution >= 0.6 is 0 Å². The molecule has 0 bridgehead atoms. The number of nitrogens with zero attached hydrogens (tertiary/aromatic N) is 3. The fraction of sp³-hybridized carbons (Fsp3) is 0. The second kappa shape index (κ2) is 5.98. The van der Waals surface area contributed by atoms with Gasteiger partial charge in [-0.05, 0) is 24.3 Å². The van der Waals surface area contributed by atoms with Gasteiger partial charge in [-0.2, -0.15) is 5.10 Å². The minimum atomic E-state index is -1.00.